The topological polar surface area (TPSA) is 61.9 Å². The molecule has 0 saturated carbocycles. The summed E-state index contributed by atoms with van der Waals surface area (Å²) in [5.41, 5.74) is 3.04. The van der Waals surface area contributed by atoms with Crippen LogP contribution in [0.5, 0.6) is 0 Å². The first-order valence-electron chi connectivity index (χ1n) is 8.03. The zero-order valence-corrected chi connectivity index (χ0v) is 15.2. The zero-order chi connectivity index (χ0) is 17.8. The van der Waals surface area contributed by atoms with Gasteiger partial charge >= 0.3 is 0 Å². The van der Waals surface area contributed by atoms with Gasteiger partial charge in [0.15, 0.2) is 5.82 Å². The molecule has 0 aliphatic carbocycles. The van der Waals surface area contributed by atoms with E-state index in [1.54, 1.807) is 11.9 Å². The van der Waals surface area contributed by atoms with Crippen molar-refractivity contribution in [2.75, 3.05) is 11.9 Å². The van der Waals surface area contributed by atoms with Crippen molar-refractivity contribution < 1.29 is 4.79 Å². The molecule has 0 bridgehead atoms. The van der Waals surface area contributed by atoms with E-state index in [9.17, 15) is 4.79 Å². The van der Waals surface area contributed by atoms with Crippen molar-refractivity contribution in [2.45, 2.75) is 24.3 Å². The van der Waals surface area contributed by atoms with Gasteiger partial charge in [-0.1, -0.05) is 59.8 Å². The van der Waals surface area contributed by atoms with E-state index in [1.165, 1.54) is 17.3 Å². The number of thioether (sulfide) groups is 1. The number of benzene rings is 2. The van der Waals surface area contributed by atoms with Crippen molar-refractivity contribution in [1.29, 1.82) is 0 Å². The molecule has 128 valence electrons. The van der Waals surface area contributed by atoms with Crippen LogP contribution in [0.15, 0.2) is 59.8 Å². The molecule has 6 heteroatoms. The molecule has 1 atom stereocenters. The number of aromatic nitrogens is 3. The molecule has 2 aromatic carbocycles. The van der Waals surface area contributed by atoms with Crippen molar-refractivity contribution in [3.63, 3.8) is 0 Å². The molecule has 1 amide bonds. The van der Waals surface area contributed by atoms with Crippen LogP contribution in [0.3, 0.4) is 0 Å². The van der Waals surface area contributed by atoms with E-state index < -0.39 is 0 Å². The van der Waals surface area contributed by atoms with Crippen LogP contribution in [-0.4, -0.2) is 33.4 Å². The lowest BCUT2D eigenvalue weighted by Gasteiger charge is -2.20. The summed E-state index contributed by atoms with van der Waals surface area (Å²) in [4.78, 5) is 18.7. The van der Waals surface area contributed by atoms with Gasteiger partial charge in [0.1, 0.15) is 0 Å². The Bertz CT molecular complexity index is 845. The van der Waals surface area contributed by atoms with Gasteiger partial charge in [0, 0.05) is 18.3 Å². The van der Waals surface area contributed by atoms with Crippen molar-refractivity contribution >= 4 is 23.4 Å². The number of nitrogens with zero attached hydrogens (tertiary/aromatic N) is 3. The second kappa shape index (κ2) is 7.53. The van der Waals surface area contributed by atoms with E-state index >= 15 is 0 Å². The van der Waals surface area contributed by atoms with Crippen molar-refractivity contribution in [3.8, 4) is 11.4 Å². The molecular formula is C19H20N4OS. The quantitative estimate of drug-likeness (QED) is 0.707. The number of hydrogen-bond acceptors (Lipinski definition) is 4. The Labute approximate surface area is 151 Å². The van der Waals surface area contributed by atoms with Gasteiger partial charge in [-0.3, -0.25) is 9.89 Å². The van der Waals surface area contributed by atoms with E-state index in [-0.39, 0.29) is 11.2 Å². The molecule has 0 radical (unpaired) electrons. The van der Waals surface area contributed by atoms with Gasteiger partial charge in [0.05, 0.1) is 5.25 Å². The predicted molar refractivity (Wildman–Crippen MR) is 102 cm³/mol. The smallest absolute Gasteiger partial charge is 0.240 e. The molecule has 3 rings (SSSR count). The number of para-hydroxylation sites is 1. The molecule has 5 nitrogen and oxygen atoms in total. The highest BCUT2D eigenvalue weighted by atomic mass is 32.2. The van der Waals surface area contributed by atoms with Gasteiger partial charge in [-0.25, -0.2) is 4.98 Å². The molecular weight excluding hydrogens is 332 g/mol. The standard InChI is InChI=1S/C19H20N4OS/c1-13-9-11-15(12-10-13)17-20-19(22-21-17)25-14(2)18(24)23(3)16-7-5-4-6-8-16/h4-12,14H,1-3H3,(H,20,21,22)/t14-/m0/s1. The van der Waals surface area contributed by atoms with E-state index in [0.29, 0.717) is 11.0 Å². The maximum absolute atomic E-state index is 12.6. The second-order valence-corrected chi connectivity index (χ2v) is 7.13. The highest BCUT2D eigenvalue weighted by molar-refractivity contribution is 8.00. The molecule has 0 aliphatic heterocycles. The Morgan fingerprint density at radius 2 is 1.80 bits per heavy atom. The van der Waals surface area contributed by atoms with Crippen LogP contribution in [-0.2, 0) is 4.79 Å². The minimum Gasteiger partial charge on any atom is -0.315 e. The summed E-state index contributed by atoms with van der Waals surface area (Å²) in [5.74, 6) is 0.719. The zero-order valence-electron chi connectivity index (χ0n) is 14.4. The van der Waals surface area contributed by atoms with Crippen LogP contribution >= 0.6 is 11.8 Å². The van der Waals surface area contributed by atoms with E-state index in [0.717, 1.165) is 11.3 Å². The van der Waals surface area contributed by atoms with Crippen LogP contribution in [0.1, 0.15) is 12.5 Å². The van der Waals surface area contributed by atoms with E-state index in [4.69, 9.17) is 0 Å². The third kappa shape index (κ3) is 4.09. The summed E-state index contributed by atoms with van der Waals surface area (Å²) in [6.07, 6.45) is 0. The summed E-state index contributed by atoms with van der Waals surface area (Å²) >= 11 is 1.35. The van der Waals surface area contributed by atoms with Crippen molar-refractivity contribution in [1.82, 2.24) is 15.2 Å². The highest BCUT2D eigenvalue weighted by Gasteiger charge is 2.21. The summed E-state index contributed by atoms with van der Waals surface area (Å²) < 4.78 is 0. The minimum atomic E-state index is -0.285. The number of aryl methyl sites for hydroxylation is 1. The van der Waals surface area contributed by atoms with Gasteiger partial charge in [-0.05, 0) is 26.0 Å². The summed E-state index contributed by atoms with van der Waals surface area (Å²) in [6.45, 7) is 3.91. The lowest BCUT2D eigenvalue weighted by atomic mass is 10.1. The second-order valence-electron chi connectivity index (χ2n) is 5.83. The fourth-order valence-electron chi connectivity index (χ4n) is 2.40. The van der Waals surface area contributed by atoms with Crippen LogP contribution in [0.25, 0.3) is 11.4 Å². The van der Waals surface area contributed by atoms with Gasteiger partial charge in [0.2, 0.25) is 11.1 Å². The average molecular weight is 352 g/mol. The molecule has 1 heterocycles. The molecule has 0 unspecified atom stereocenters. The number of hydrogen-bond donors (Lipinski definition) is 1. The first kappa shape index (κ1) is 17.2. The summed E-state index contributed by atoms with van der Waals surface area (Å²) in [6, 6.07) is 17.7. The van der Waals surface area contributed by atoms with Crippen LogP contribution < -0.4 is 4.90 Å². The Morgan fingerprint density at radius 1 is 1.12 bits per heavy atom. The first-order valence-corrected chi connectivity index (χ1v) is 8.91. The Kier molecular flexibility index (Phi) is 5.19. The third-order valence-corrected chi connectivity index (χ3v) is 4.84. The molecule has 0 aliphatic rings. The van der Waals surface area contributed by atoms with Gasteiger partial charge in [-0.15, -0.1) is 5.10 Å². The Morgan fingerprint density at radius 3 is 2.48 bits per heavy atom. The third-order valence-electron chi connectivity index (χ3n) is 3.89. The fraction of sp³-hybridized carbons (Fsp3) is 0.211. The van der Waals surface area contributed by atoms with E-state index in [2.05, 4.69) is 15.2 Å². The minimum absolute atomic E-state index is 0.0119. The molecule has 0 spiro atoms. The van der Waals surface area contributed by atoms with Crippen molar-refractivity contribution in [2.24, 2.45) is 0 Å². The monoisotopic (exact) mass is 352 g/mol. The lowest BCUT2D eigenvalue weighted by Crippen LogP contribution is -2.33. The fourth-order valence-corrected chi connectivity index (χ4v) is 3.22. The van der Waals surface area contributed by atoms with Gasteiger partial charge < -0.3 is 4.90 Å². The maximum Gasteiger partial charge on any atom is 0.240 e. The first-order chi connectivity index (χ1) is 12.0. The summed E-state index contributed by atoms with van der Waals surface area (Å²) in [7, 11) is 1.78. The Balaban J connectivity index is 1.68. The van der Waals surface area contributed by atoms with Gasteiger partial charge in [-0.2, -0.15) is 0 Å². The number of carbonyl (C=O) groups excluding carboxylic acids is 1. The summed E-state index contributed by atoms with van der Waals surface area (Å²) in [5, 5.41) is 7.45. The van der Waals surface area contributed by atoms with Crippen molar-refractivity contribution in [3.05, 3.63) is 60.2 Å². The van der Waals surface area contributed by atoms with Gasteiger partial charge in [0.25, 0.3) is 0 Å². The largest absolute Gasteiger partial charge is 0.315 e. The SMILES string of the molecule is Cc1ccc(-c2nc(S[C@@H](C)C(=O)N(C)c3ccccc3)n[nH]2)cc1. The number of amides is 1. The molecule has 25 heavy (non-hydrogen) atoms. The predicted octanol–water partition coefficient (Wildman–Crippen LogP) is 3.92. The highest BCUT2D eigenvalue weighted by Crippen LogP contribution is 2.25. The van der Waals surface area contributed by atoms with E-state index in [1.807, 2.05) is 68.4 Å². The average Bonchev–Trinajstić information content (AvgIpc) is 3.10. The molecule has 3 aromatic rings. The van der Waals surface area contributed by atoms with Crippen LogP contribution in [0, 0.1) is 6.92 Å². The molecule has 1 N–H and O–H groups in total. The lowest BCUT2D eigenvalue weighted by molar-refractivity contribution is -0.117. The maximum atomic E-state index is 12.6. The number of anilines is 1. The molecule has 0 saturated heterocycles. The number of H-pyrrole nitrogens is 1. The number of nitrogens with one attached hydrogen (secondary N) is 1. The van der Waals surface area contributed by atoms with Crippen LogP contribution in [0.4, 0.5) is 5.69 Å². The number of aromatic amines is 1. The molecule has 1 aromatic heterocycles. The normalized spacial score (nSPS) is 12.0. The number of rotatable bonds is 5. The molecule has 0 fully saturated rings. The Hall–Kier alpha value is -2.60. The number of carbonyl (C=O) groups is 1. The van der Waals surface area contributed by atoms with Crippen LogP contribution in [0.2, 0.25) is 0 Å².